The third kappa shape index (κ3) is 2.80. The maximum atomic E-state index is 12.9. The van der Waals surface area contributed by atoms with Gasteiger partial charge in [-0.25, -0.2) is 4.39 Å². The van der Waals surface area contributed by atoms with Gasteiger partial charge in [-0.1, -0.05) is 6.58 Å². The molecular weight excluding hydrogens is 412 g/mol. The van der Waals surface area contributed by atoms with E-state index in [0.717, 1.165) is 0 Å². The van der Waals surface area contributed by atoms with E-state index in [9.17, 15) is 70.2 Å². The van der Waals surface area contributed by atoms with Crippen molar-refractivity contribution in [1.29, 1.82) is 0 Å². The minimum atomic E-state index is -8.42. The van der Waals surface area contributed by atoms with Crippen LogP contribution in [-0.4, -0.2) is 41.7 Å². The molecule has 0 heterocycles. The zero-order valence-corrected chi connectivity index (χ0v) is 10.8. The zero-order valence-electron chi connectivity index (χ0n) is 10.8. The monoisotopic (exact) mass is 414 g/mol. The maximum Gasteiger partial charge on any atom is 0.460 e. The Hall–Kier alpha value is -1.38. The molecule has 0 aliphatic rings. The maximum absolute atomic E-state index is 12.9. The van der Waals surface area contributed by atoms with Crippen LogP contribution in [0.2, 0.25) is 0 Å². The highest BCUT2D eigenvalue weighted by Gasteiger charge is 2.93. The Morgan fingerprint density at radius 2 is 0.680 bits per heavy atom. The van der Waals surface area contributed by atoms with Crippen LogP contribution >= 0.6 is 0 Å². The van der Waals surface area contributed by atoms with E-state index in [-0.39, 0.29) is 0 Å². The predicted octanol–water partition coefficient (Wildman–Crippen LogP) is 5.84. The van der Waals surface area contributed by atoms with E-state index in [1.165, 1.54) is 6.58 Å². The van der Waals surface area contributed by atoms with Gasteiger partial charge in [0.25, 0.3) is 0 Å². The average molecular weight is 414 g/mol. The van der Waals surface area contributed by atoms with Crippen molar-refractivity contribution in [3.8, 4) is 0 Å². The minimum absolute atomic E-state index is 1.35. The first kappa shape index (κ1) is 23.6. The molecule has 0 amide bonds. The molecule has 0 aliphatic carbocycles. The molecule has 0 aliphatic heterocycles. The Labute approximate surface area is 126 Å². The van der Waals surface area contributed by atoms with Crippen molar-refractivity contribution in [1.82, 2.24) is 0 Å². The third-order valence-corrected chi connectivity index (χ3v) is 2.67. The molecule has 0 spiro atoms. The fraction of sp³-hybridized carbons (Fsp3) is 0.778. The summed E-state index contributed by atoms with van der Waals surface area (Å²) in [5.41, 5.74) is 0. The van der Waals surface area contributed by atoms with E-state index in [4.69, 9.17) is 0 Å². The van der Waals surface area contributed by atoms with Crippen LogP contribution in [0.3, 0.4) is 0 Å². The quantitative estimate of drug-likeness (QED) is 0.479. The van der Waals surface area contributed by atoms with Crippen LogP contribution in [0, 0.1) is 0 Å². The number of halogens is 16. The van der Waals surface area contributed by atoms with Crippen molar-refractivity contribution in [3.05, 3.63) is 12.4 Å². The topological polar surface area (TPSA) is 0 Å². The lowest BCUT2D eigenvalue weighted by Crippen LogP contribution is -2.72. The molecule has 0 bridgehead atoms. The van der Waals surface area contributed by atoms with Gasteiger partial charge in [-0.2, -0.15) is 65.9 Å². The van der Waals surface area contributed by atoms with Crippen LogP contribution in [-0.2, 0) is 0 Å². The van der Waals surface area contributed by atoms with Crippen molar-refractivity contribution in [2.45, 2.75) is 41.7 Å². The van der Waals surface area contributed by atoms with E-state index in [2.05, 4.69) is 0 Å². The zero-order chi connectivity index (χ0) is 21.1. The van der Waals surface area contributed by atoms with Gasteiger partial charge in [0.15, 0.2) is 5.83 Å². The summed E-state index contributed by atoms with van der Waals surface area (Å²) in [7, 11) is 0. The molecule has 0 atom stereocenters. The number of allylic oxidation sites excluding steroid dienone is 1. The van der Waals surface area contributed by atoms with Crippen molar-refractivity contribution in [2.75, 3.05) is 0 Å². The second-order valence-corrected chi connectivity index (χ2v) is 4.35. The van der Waals surface area contributed by atoms with E-state index in [0.29, 0.717) is 0 Å². The molecule has 0 rings (SSSR count). The van der Waals surface area contributed by atoms with Gasteiger partial charge in [-0.3, -0.25) is 0 Å². The first-order chi connectivity index (χ1) is 10.4. The van der Waals surface area contributed by atoms with Crippen LogP contribution in [0.15, 0.2) is 12.4 Å². The Morgan fingerprint density at radius 3 is 0.920 bits per heavy atom. The van der Waals surface area contributed by atoms with Gasteiger partial charge in [0.05, 0.1) is 0 Å². The Balaban J connectivity index is 6.55. The van der Waals surface area contributed by atoms with E-state index >= 15 is 0 Å². The van der Waals surface area contributed by atoms with Crippen molar-refractivity contribution < 1.29 is 70.2 Å². The van der Waals surface area contributed by atoms with Gasteiger partial charge >= 0.3 is 41.7 Å². The fourth-order valence-corrected chi connectivity index (χ4v) is 1.14. The Morgan fingerprint density at radius 1 is 0.440 bits per heavy atom. The van der Waals surface area contributed by atoms with E-state index in [1.54, 1.807) is 0 Å². The summed E-state index contributed by atoms with van der Waals surface area (Å²) in [4.78, 5) is 0. The lowest BCUT2D eigenvalue weighted by atomic mass is 9.91. The summed E-state index contributed by atoms with van der Waals surface area (Å²) in [6, 6.07) is 0. The number of hydrogen-bond donors (Lipinski definition) is 0. The Bertz CT molecular complexity index is 522. The van der Waals surface area contributed by atoms with Gasteiger partial charge in [0, 0.05) is 0 Å². The van der Waals surface area contributed by atoms with Crippen molar-refractivity contribution in [3.63, 3.8) is 0 Å². The highest BCUT2D eigenvalue weighted by Crippen LogP contribution is 2.62. The van der Waals surface area contributed by atoms with Gasteiger partial charge in [-0.15, -0.1) is 0 Å². The summed E-state index contributed by atoms with van der Waals surface area (Å²) in [5.74, 6) is -51.8. The number of hydrogen-bond acceptors (Lipinski definition) is 0. The van der Waals surface area contributed by atoms with Crippen LogP contribution in [0.25, 0.3) is 0 Å². The lowest BCUT2D eigenvalue weighted by Gasteiger charge is -2.41. The number of rotatable bonds is 6. The van der Waals surface area contributed by atoms with Gasteiger partial charge in [0.2, 0.25) is 0 Å². The molecule has 0 nitrogen and oxygen atoms in total. The molecule has 25 heavy (non-hydrogen) atoms. The molecule has 150 valence electrons. The summed E-state index contributed by atoms with van der Waals surface area (Å²) < 4.78 is 199. The average Bonchev–Trinajstić information content (AvgIpc) is 2.35. The highest BCUT2D eigenvalue weighted by atomic mass is 19.4. The fourth-order valence-electron chi connectivity index (χ4n) is 1.14. The highest BCUT2D eigenvalue weighted by molar-refractivity contribution is 5.17. The summed E-state index contributed by atoms with van der Waals surface area (Å²) in [6.07, 6.45) is -7.67. The molecule has 0 aromatic heterocycles. The molecule has 0 saturated heterocycles. The van der Waals surface area contributed by atoms with Crippen molar-refractivity contribution in [2.24, 2.45) is 0 Å². The molecule has 0 aromatic rings. The minimum Gasteiger partial charge on any atom is -0.206 e. The van der Waals surface area contributed by atoms with Crippen LogP contribution in [0.1, 0.15) is 0 Å². The van der Waals surface area contributed by atoms with Crippen LogP contribution < -0.4 is 0 Å². The Kier molecular flexibility index (Phi) is 5.25. The SMILES string of the molecule is C=C(F)C(F)(F)C(F)(F)C(F)(F)C(F)(F)C(F)(F)C(F)(F)C(F)(F)F. The van der Waals surface area contributed by atoms with Gasteiger partial charge in [-0.05, 0) is 0 Å². The summed E-state index contributed by atoms with van der Waals surface area (Å²) >= 11 is 0. The summed E-state index contributed by atoms with van der Waals surface area (Å²) in [6.45, 7) is 1.35. The molecule has 0 unspecified atom stereocenters. The number of alkyl halides is 15. The lowest BCUT2D eigenvalue weighted by molar-refractivity contribution is -0.450. The normalized spacial score (nSPS) is 16.2. The molecule has 0 N–H and O–H groups in total. The molecule has 0 saturated carbocycles. The largest absolute Gasteiger partial charge is 0.460 e. The smallest absolute Gasteiger partial charge is 0.206 e. The van der Waals surface area contributed by atoms with Gasteiger partial charge < -0.3 is 0 Å². The predicted molar refractivity (Wildman–Crippen MR) is 46.0 cm³/mol. The summed E-state index contributed by atoms with van der Waals surface area (Å²) in [5, 5.41) is 0. The van der Waals surface area contributed by atoms with Crippen LogP contribution in [0.4, 0.5) is 70.2 Å². The first-order valence-corrected chi connectivity index (χ1v) is 5.13. The molecule has 0 fully saturated rings. The van der Waals surface area contributed by atoms with Gasteiger partial charge in [0.1, 0.15) is 0 Å². The molecule has 0 aromatic carbocycles. The molecule has 0 radical (unpaired) electrons. The van der Waals surface area contributed by atoms with Crippen LogP contribution in [0.5, 0.6) is 0 Å². The third-order valence-electron chi connectivity index (χ3n) is 2.67. The second-order valence-electron chi connectivity index (χ2n) is 4.35. The molecule has 16 heteroatoms. The molecular formula is C9H2F16. The van der Waals surface area contributed by atoms with E-state index in [1.807, 2.05) is 0 Å². The second kappa shape index (κ2) is 5.56. The standard InChI is InChI=1S/C9H2F16/c1-2(10)3(11,12)4(13,14)5(15,16)6(17,18)7(19,20)8(21,22)9(23,24)25/h1H2. The first-order valence-electron chi connectivity index (χ1n) is 5.13. The van der Waals surface area contributed by atoms with E-state index < -0.39 is 47.5 Å². The van der Waals surface area contributed by atoms with Crippen molar-refractivity contribution >= 4 is 0 Å².